The van der Waals surface area contributed by atoms with Gasteiger partial charge in [0.05, 0.1) is 25.4 Å². The summed E-state index contributed by atoms with van der Waals surface area (Å²) in [6, 6.07) is -0.542. The molecule has 0 saturated carbocycles. The molecule has 0 fully saturated rings. The van der Waals surface area contributed by atoms with E-state index in [2.05, 4.69) is 31.3 Å². The van der Waals surface area contributed by atoms with Gasteiger partial charge in [0.2, 0.25) is 5.91 Å². The van der Waals surface area contributed by atoms with Crippen molar-refractivity contribution in [3.63, 3.8) is 0 Å². The number of aliphatic hydroxyl groups is 2. The molecule has 6 nitrogen and oxygen atoms in total. The molecule has 0 aromatic rings. The number of carbonyl (C=O) groups excluding carboxylic acids is 2. The first-order valence-electron chi connectivity index (χ1n) is 34.9. The van der Waals surface area contributed by atoms with Crippen LogP contribution in [0.4, 0.5) is 0 Å². The maximum absolute atomic E-state index is 12.5. The molecule has 0 aromatic heterocycles. The smallest absolute Gasteiger partial charge is 0.305 e. The summed E-state index contributed by atoms with van der Waals surface area (Å²) in [6.07, 6.45) is 81.1. The van der Waals surface area contributed by atoms with Crippen molar-refractivity contribution >= 4 is 11.9 Å². The first kappa shape index (κ1) is 74.6. The summed E-state index contributed by atoms with van der Waals surface area (Å²) in [5.74, 6) is -0.0225. The van der Waals surface area contributed by atoms with Crippen LogP contribution in [0, 0.1) is 0 Å². The standard InChI is InChI=1S/C70H137NO5/c1-3-5-7-9-11-13-15-17-19-20-21-22-26-29-32-35-38-42-46-50-54-58-62-68(73)67(66-72)71-69(74)63-59-55-51-47-43-39-36-33-30-27-24-23-25-28-31-34-37-41-45-49-53-57-61-65-76-70(75)64-60-56-52-48-44-40-18-16-14-12-10-8-6-4-2/h16,18,67-68,72-73H,3-15,17,19-66H2,1-2H3,(H,71,74)/b18-16-. The molecule has 0 heterocycles. The Labute approximate surface area is 476 Å². The number of esters is 1. The highest BCUT2D eigenvalue weighted by Crippen LogP contribution is 2.19. The minimum Gasteiger partial charge on any atom is -0.466 e. The lowest BCUT2D eigenvalue weighted by Crippen LogP contribution is -2.45. The zero-order valence-electron chi connectivity index (χ0n) is 51.8. The number of amides is 1. The van der Waals surface area contributed by atoms with Crippen LogP contribution in [0.1, 0.15) is 399 Å². The predicted molar refractivity (Wildman–Crippen MR) is 333 cm³/mol. The minimum absolute atomic E-state index is 0.00704. The van der Waals surface area contributed by atoms with E-state index < -0.39 is 12.1 Å². The number of hydrogen-bond acceptors (Lipinski definition) is 5. The van der Waals surface area contributed by atoms with Gasteiger partial charge in [0.1, 0.15) is 0 Å². The second-order valence-electron chi connectivity index (χ2n) is 24.2. The van der Waals surface area contributed by atoms with Crippen molar-refractivity contribution in [2.45, 2.75) is 411 Å². The van der Waals surface area contributed by atoms with Gasteiger partial charge >= 0.3 is 5.97 Å². The first-order valence-corrected chi connectivity index (χ1v) is 34.9. The maximum Gasteiger partial charge on any atom is 0.305 e. The molecule has 1 amide bonds. The zero-order valence-corrected chi connectivity index (χ0v) is 51.8. The van der Waals surface area contributed by atoms with Crippen LogP contribution in [0.3, 0.4) is 0 Å². The molecule has 0 radical (unpaired) electrons. The molecule has 0 aliphatic heterocycles. The Hall–Kier alpha value is -1.40. The van der Waals surface area contributed by atoms with E-state index >= 15 is 0 Å². The van der Waals surface area contributed by atoms with Gasteiger partial charge < -0.3 is 20.3 Å². The Morgan fingerprint density at radius 2 is 0.618 bits per heavy atom. The van der Waals surface area contributed by atoms with E-state index in [0.29, 0.717) is 25.9 Å². The molecule has 0 bridgehead atoms. The largest absolute Gasteiger partial charge is 0.466 e. The second kappa shape index (κ2) is 66.1. The summed E-state index contributed by atoms with van der Waals surface area (Å²) in [6.45, 7) is 4.98. The third-order valence-corrected chi connectivity index (χ3v) is 16.6. The van der Waals surface area contributed by atoms with Gasteiger partial charge in [-0.05, 0) is 51.4 Å². The molecule has 2 atom stereocenters. The normalized spacial score (nSPS) is 12.5. The molecule has 3 N–H and O–H groups in total. The fourth-order valence-electron chi connectivity index (χ4n) is 11.2. The van der Waals surface area contributed by atoms with Gasteiger partial charge in [-0.2, -0.15) is 0 Å². The van der Waals surface area contributed by atoms with Crippen molar-refractivity contribution in [2.24, 2.45) is 0 Å². The van der Waals surface area contributed by atoms with Crippen molar-refractivity contribution in [1.82, 2.24) is 5.32 Å². The summed E-state index contributed by atoms with van der Waals surface area (Å²) >= 11 is 0. The molecule has 0 aliphatic carbocycles. The van der Waals surface area contributed by atoms with Crippen molar-refractivity contribution in [1.29, 1.82) is 0 Å². The SMILES string of the molecule is CCCCCCC/C=C\CCCCCCCC(=O)OCCCCCCCCCCCCCCCCCCCCCCCCCC(=O)NC(CO)C(O)CCCCCCCCCCCCCCCCCCCCCCCC. The van der Waals surface area contributed by atoms with Crippen molar-refractivity contribution < 1.29 is 24.5 Å². The summed E-state index contributed by atoms with van der Waals surface area (Å²) < 4.78 is 5.48. The van der Waals surface area contributed by atoms with Crippen LogP contribution >= 0.6 is 0 Å². The lowest BCUT2D eigenvalue weighted by molar-refractivity contribution is -0.143. The Morgan fingerprint density at radius 3 is 0.934 bits per heavy atom. The lowest BCUT2D eigenvalue weighted by atomic mass is 10.0. The molecule has 0 saturated heterocycles. The van der Waals surface area contributed by atoms with Crippen LogP contribution < -0.4 is 5.32 Å². The number of aliphatic hydroxyl groups excluding tert-OH is 2. The molecule has 0 spiro atoms. The van der Waals surface area contributed by atoms with Crippen molar-refractivity contribution in [3.8, 4) is 0 Å². The van der Waals surface area contributed by atoms with E-state index in [-0.39, 0.29) is 18.5 Å². The number of ether oxygens (including phenoxy) is 1. The lowest BCUT2D eigenvalue weighted by Gasteiger charge is -2.22. The molecule has 452 valence electrons. The van der Waals surface area contributed by atoms with Gasteiger partial charge in [0.15, 0.2) is 0 Å². The molecular formula is C70H137NO5. The summed E-state index contributed by atoms with van der Waals surface area (Å²) in [7, 11) is 0. The third kappa shape index (κ3) is 61.8. The topological polar surface area (TPSA) is 95.9 Å². The highest BCUT2D eigenvalue weighted by Gasteiger charge is 2.20. The number of hydrogen-bond donors (Lipinski definition) is 3. The van der Waals surface area contributed by atoms with Crippen LogP contribution in [0.15, 0.2) is 12.2 Å². The van der Waals surface area contributed by atoms with Crippen molar-refractivity contribution in [2.75, 3.05) is 13.2 Å². The van der Waals surface area contributed by atoms with E-state index in [1.807, 2.05) is 0 Å². The average Bonchev–Trinajstić information content (AvgIpc) is 3.42. The van der Waals surface area contributed by atoms with E-state index in [0.717, 1.165) is 44.9 Å². The summed E-state index contributed by atoms with van der Waals surface area (Å²) in [5.41, 5.74) is 0. The molecule has 2 unspecified atom stereocenters. The number of rotatable bonds is 66. The fraction of sp³-hybridized carbons (Fsp3) is 0.943. The molecular weight excluding hydrogens is 935 g/mol. The number of carbonyl (C=O) groups is 2. The predicted octanol–water partition coefficient (Wildman–Crippen LogP) is 22.4. The molecule has 6 heteroatoms. The van der Waals surface area contributed by atoms with E-state index in [9.17, 15) is 19.8 Å². The summed E-state index contributed by atoms with van der Waals surface area (Å²) in [5, 5.41) is 23.4. The van der Waals surface area contributed by atoms with E-state index in [4.69, 9.17) is 4.74 Å². The van der Waals surface area contributed by atoms with Gasteiger partial charge in [-0.1, -0.05) is 347 Å². The monoisotopic (exact) mass is 1070 g/mol. The third-order valence-electron chi connectivity index (χ3n) is 16.6. The van der Waals surface area contributed by atoms with Gasteiger partial charge in [-0.15, -0.1) is 0 Å². The first-order chi connectivity index (χ1) is 37.5. The van der Waals surface area contributed by atoms with Crippen LogP contribution in [-0.2, 0) is 14.3 Å². The Balaban J connectivity index is 3.37. The molecule has 0 aromatic carbocycles. The van der Waals surface area contributed by atoms with Crippen LogP contribution in [0.5, 0.6) is 0 Å². The Bertz CT molecular complexity index is 1140. The molecule has 0 aliphatic rings. The fourth-order valence-corrected chi connectivity index (χ4v) is 11.2. The van der Waals surface area contributed by atoms with E-state index in [1.54, 1.807) is 0 Å². The second-order valence-corrected chi connectivity index (χ2v) is 24.2. The number of unbranched alkanes of at least 4 members (excludes halogenated alkanes) is 53. The van der Waals surface area contributed by atoms with Crippen LogP contribution in [0.25, 0.3) is 0 Å². The number of nitrogens with one attached hydrogen (secondary N) is 1. The number of allylic oxidation sites excluding steroid dienone is 2. The van der Waals surface area contributed by atoms with Gasteiger partial charge in [0, 0.05) is 12.8 Å². The average molecular weight is 1070 g/mol. The highest BCUT2D eigenvalue weighted by atomic mass is 16.5. The quantitative estimate of drug-likeness (QED) is 0.0320. The highest BCUT2D eigenvalue weighted by molar-refractivity contribution is 5.76. The van der Waals surface area contributed by atoms with Gasteiger partial charge in [0.25, 0.3) is 0 Å². The molecule has 76 heavy (non-hydrogen) atoms. The van der Waals surface area contributed by atoms with E-state index in [1.165, 1.54) is 321 Å². The summed E-state index contributed by atoms with van der Waals surface area (Å²) in [4.78, 5) is 24.6. The van der Waals surface area contributed by atoms with Crippen molar-refractivity contribution in [3.05, 3.63) is 12.2 Å². The Kier molecular flexibility index (Phi) is 64.9. The minimum atomic E-state index is -0.665. The Morgan fingerprint density at radius 1 is 0.355 bits per heavy atom. The van der Waals surface area contributed by atoms with Crippen LogP contribution in [0.2, 0.25) is 0 Å². The maximum atomic E-state index is 12.5. The zero-order chi connectivity index (χ0) is 55.0. The van der Waals surface area contributed by atoms with Crippen LogP contribution in [-0.4, -0.2) is 47.4 Å². The molecule has 0 rings (SSSR count). The van der Waals surface area contributed by atoms with Gasteiger partial charge in [-0.25, -0.2) is 0 Å². The van der Waals surface area contributed by atoms with Gasteiger partial charge in [-0.3, -0.25) is 9.59 Å².